The summed E-state index contributed by atoms with van der Waals surface area (Å²) in [6, 6.07) is 9.71. The van der Waals surface area contributed by atoms with E-state index in [0.29, 0.717) is 54.1 Å². The number of carbonyl (C=O) groups excluding carboxylic acids is 1. The molecule has 0 bridgehead atoms. The van der Waals surface area contributed by atoms with Gasteiger partial charge in [0.25, 0.3) is 5.56 Å². The first-order valence-electron chi connectivity index (χ1n) is 12.4. The van der Waals surface area contributed by atoms with Gasteiger partial charge in [-0.25, -0.2) is 14.6 Å². The number of aliphatic carboxylic acids is 1. The molecule has 2 aromatic carbocycles. The molecule has 0 saturated heterocycles. The maximum Gasteiger partial charge on any atom is 0.341 e. The second-order valence-corrected chi connectivity index (χ2v) is 11.5. The molecule has 0 aliphatic carbocycles. The van der Waals surface area contributed by atoms with Gasteiger partial charge in [-0.15, -0.1) is 0 Å². The van der Waals surface area contributed by atoms with E-state index in [9.17, 15) is 14.4 Å². The highest BCUT2D eigenvalue weighted by Gasteiger charge is 2.36. The van der Waals surface area contributed by atoms with Gasteiger partial charge in [0.05, 0.1) is 34.0 Å². The Morgan fingerprint density at radius 1 is 1.15 bits per heavy atom. The van der Waals surface area contributed by atoms with Crippen LogP contribution in [0.15, 0.2) is 66.4 Å². The number of hydrogen-bond donors (Lipinski definition) is 1. The van der Waals surface area contributed by atoms with Gasteiger partial charge in [0.1, 0.15) is 17.5 Å². The molecular weight excluding hydrogens is 668 g/mol. The van der Waals surface area contributed by atoms with Crippen LogP contribution in [0.4, 0.5) is 0 Å². The lowest BCUT2D eigenvalue weighted by atomic mass is 9.93. The van der Waals surface area contributed by atoms with E-state index >= 15 is 0 Å². The number of nitrogens with zero attached hydrogens (tertiary/aromatic N) is 2. The van der Waals surface area contributed by atoms with Crippen LogP contribution in [0.1, 0.15) is 43.9 Å². The summed E-state index contributed by atoms with van der Waals surface area (Å²) in [5.74, 6) is -0.732. The smallest absolute Gasteiger partial charge is 0.341 e. The van der Waals surface area contributed by atoms with E-state index in [1.54, 1.807) is 44.4 Å². The topological polar surface area (TPSA) is 116 Å². The number of allylic oxidation sites excluding steroid dienone is 1. The van der Waals surface area contributed by atoms with E-state index in [2.05, 4.69) is 31.9 Å². The van der Waals surface area contributed by atoms with Crippen molar-refractivity contribution in [3.05, 3.63) is 87.4 Å². The molecule has 4 rings (SSSR count). The lowest BCUT2D eigenvalue weighted by Gasteiger charge is -2.27. The molecule has 0 radical (unpaired) electrons. The number of methoxy groups -OCH3 is 1. The average Bonchev–Trinajstić information content (AvgIpc) is 3.21. The highest BCUT2D eigenvalue weighted by molar-refractivity contribution is 9.10. The van der Waals surface area contributed by atoms with E-state index in [4.69, 9.17) is 24.3 Å². The number of thiazole rings is 1. The number of carbonyl (C=O) groups is 2. The normalized spacial score (nSPS) is 14.9. The summed E-state index contributed by atoms with van der Waals surface area (Å²) in [5, 5.41) is 8.88. The van der Waals surface area contributed by atoms with E-state index in [1.807, 2.05) is 19.1 Å². The van der Waals surface area contributed by atoms with Crippen LogP contribution in [-0.2, 0) is 14.3 Å². The van der Waals surface area contributed by atoms with Gasteiger partial charge in [-0.3, -0.25) is 9.36 Å². The summed E-state index contributed by atoms with van der Waals surface area (Å²) in [4.78, 5) is 43.4. The maximum atomic E-state index is 14.0. The van der Waals surface area contributed by atoms with Crippen LogP contribution < -0.4 is 24.4 Å². The minimum atomic E-state index is -1.08. The molecular formula is C28H26Br2N2O7S. The summed E-state index contributed by atoms with van der Waals surface area (Å²) >= 11 is 8.13. The minimum absolute atomic E-state index is 0.176. The Kier molecular flexibility index (Phi) is 9.64. The molecule has 0 spiro atoms. The van der Waals surface area contributed by atoms with Gasteiger partial charge in [-0.2, -0.15) is 0 Å². The summed E-state index contributed by atoms with van der Waals surface area (Å²) < 4.78 is 19.6. The summed E-state index contributed by atoms with van der Waals surface area (Å²) in [7, 11) is 1.54. The molecule has 2 heterocycles. The van der Waals surface area contributed by atoms with Gasteiger partial charge < -0.3 is 19.3 Å². The third-order valence-corrected chi connectivity index (χ3v) is 8.08. The Morgan fingerprint density at radius 2 is 1.90 bits per heavy atom. The van der Waals surface area contributed by atoms with Crippen LogP contribution >= 0.6 is 43.2 Å². The largest absolute Gasteiger partial charge is 0.496 e. The van der Waals surface area contributed by atoms with Crippen molar-refractivity contribution < 1.29 is 28.9 Å². The Balaban J connectivity index is 1.94. The molecule has 1 aliphatic heterocycles. The molecule has 12 heteroatoms. The van der Waals surface area contributed by atoms with Crippen molar-refractivity contribution >= 4 is 61.2 Å². The van der Waals surface area contributed by atoms with Gasteiger partial charge in [-0.1, -0.05) is 46.7 Å². The van der Waals surface area contributed by atoms with Gasteiger partial charge in [-0.05, 0) is 71.2 Å². The third-order valence-electron chi connectivity index (χ3n) is 5.98. The van der Waals surface area contributed by atoms with Crippen molar-refractivity contribution in [2.45, 2.75) is 32.7 Å². The molecule has 1 aliphatic rings. The average molecular weight is 694 g/mol. The van der Waals surface area contributed by atoms with Crippen molar-refractivity contribution in [1.29, 1.82) is 0 Å². The van der Waals surface area contributed by atoms with Gasteiger partial charge in [0.2, 0.25) is 0 Å². The standard InChI is InChI=1S/C28H26Br2N2O7S/c1-4-6-19-24(27(36)38-5-2)25(17-13-16(29)8-10-20(17)37-3)32-26(35)22(40-28(32)31-19)12-15-7-9-21(18(30)11-15)39-14-23(33)34/h7-13,25H,4-6,14H2,1-3H3,(H,33,34)/b22-12-/t25-/m0/s1. The highest BCUT2D eigenvalue weighted by Crippen LogP contribution is 2.38. The first-order valence-corrected chi connectivity index (χ1v) is 14.8. The second kappa shape index (κ2) is 13.0. The first-order chi connectivity index (χ1) is 19.2. The molecule has 3 aromatic rings. The number of halogens is 2. The summed E-state index contributed by atoms with van der Waals surface area (Å²) in [6.45, 7) is 3.43. The molecule has 210 valence electrons. The number of rotatable bonds is 10. The van der Waals surface area contributed by atoms with E-state index in [0.717, 1.165) is 10.9 Å². The fourth-order valence-electron chi connectivity index (χ4n) is 4.35. The molecule has 0 saturated carbocycles. The maximum absolute atomic E-state index is 14.0. The Morgan fingerprint density at radius 3 is 2.55 bits per heavy atom. The van der Waals surface area contributed by atoms with Crippen LogP contribution in [0, 0.1) is 0 Å². The van der Waals surface area contributed by atoms with Crippen LogP contribution in [0.25, 0.3) is 6.08 Å². The molecule has 9 nitrogen and oxygen atoms in total. The van der Waals surface area contributed by atoms with Crippen molar-refractivity contribution in [1.82, 2.24) is 4.57 Å². The van der Waals surface area contributed by atoms with Crippen LogP contribution in [0.5, 0.6) is 11.5 Å². The molecule has 0 fully saturated rings. The Hall–Kier alpha value is -3.22. The Bertz CT molecular complexity index is 1680. The van der Waals surface area contributed by atoms with Crippen LogP contribution in [-0.4, -0.2) is 41.9 Å². The second-order valence-electron chi connectivity index (χ2n) is 8.67. The fraction of sp³-hybridized carbons (Fsp3) is 0.286. The summed E-state index contributed by atoms with van der Waals surface area (Å²) in [5.41, 5.74) is 1.87. The molecule has 1 aromatic heterocycles. The monoisotopic (exact) mass is 692 g/mol. The van der Waals surface area contributed by atoms with Gasteiger partial charge in [0.15, 0.2) is 11.4 Å². The quantitative estimate of drug-likeness (QED) is 0.309. The van der Waals surface area contributed by atoms with Crippen molar-refractivity contribution in [3.8, 4) is 11.5 Å². The van der Waals surface area contributed by atoms with Gasteiger partial charge in [0, 0.05) is 10.0 Å². The highest BCUT2D eigenvalue weighted by atomic mass is 79.9. The molecule has 1 atom stereocenters. The molecule has 40 heavy (non-hydrogen) atoms. The zero-order chi connectivity index (χ0) is 29.0. The number of aromatic nitrogens is 1. The Labute approximate surface area is 250 Å². The van der Waals surface area contributed by atoms with Crippen molar-refractivity contribution in [2.24, 2.45) is 4.99 Å². The molecule has 1 N–H and O–H groups in total. The van der Waals surface area contributed by atoms with E-state index in [-0.39, 0.29) is 12.2 Å². The number of benzene rings is 2. The van der Waals surface area contributed by atoms with Crippen molar-refractivity contribution in [3.63, 3.8) is 0 Å². The number of carboxylic acids is 1. The fourth-order valence-corrected chi connectivity index (χ4v) is 6.26. The molecule has 0 unspecified atom stereocenters. The first kappa shape index (κ1) is 29.8. The molecule has 0 amide bonds. The number of hydrogen-bond acceptors (Lipinski definition) is 8. The predicted octanol–water partition coefficient (Wildman–Crippen LogP) is 4.58. The van der Waals surface area contributed by atoms with Crippen LogP contribution in [0.2, 0.25) is 0 Å². The number of carboxylic acid groups (broad SMARTS) is 1. The predicted molar refractivity (Wildman–Crippen MR) is 158 cm³/mol. The number of ether oxygens (including phenoxy) is 3. The third kappa shape index (κ3) is 6.24. The zero-order valence-corrected chi connectivity index (χ0v) is 25.9. The lowest BCUT2D eigenvalue weighted by Crippen LogP contribution is -2.40. The number of esters is 1. The van der Waals surface area contributed by atoms with Crippen LogP contribution in [0.3, 0.4) is 0 Å². The van der Waals surface area contributed by atoms with E-state index < -0.39 is 24.6 Å². The van der Waals surface area contributed by atoms with E-state index in [1.165, 1.54) is 15.9 Å². The van der Waals surface area contributed by atoms with Crippen molar-refractivity contribution in [2.75, 3.05) is 20.3 Å². The minimum Gasteiger partial charge on any atom is -0.496 e. The van der Waals surface area contributed by atoms with Gasteiger partial charge >= 0.3 is 11.9 Å². The zero-order valence-electron chi connectivity index (χ0n) is 21.9. The SMILES string of the molecule is CCCC1=C(C(=O)OCC)[C@H](c2cc(Br)ccc2OC)n2c(s/c(=C\c3ccc(OCC(=O)O)c(Br)c3)c2=O)=N1. The summed E-state index contributed by atoms with van der Waals surface area (Å²) in [6.07, 6.45) is 2.98. The number of fused-ring (bicyclic) bond motifs is 1. The lowest BCUT2D eigenvalue weighted by molar-refractivity contribution is -0.140.